The van der Waals surface area contributed by atoms with E-state index in [-0.39, 0.29) is 40.5 Å². The summed E-state index contributed by atoms with van der Waals surface area (Å²) in [6.45, 7) is 5.71. The SMILES string of the molecule is CC(CNc1nccc(-c2cn(C(C)C)nc2-c2cc(Cl)cc(NS(C)(=O)=O)c2F)n1)NC(=O)O. The number of rotatable bonds is 9. The van der Waals surface area contributed by atoms with E-state index in [1.165, 1.54) is 18.3 Å². The van der Waals surface area contributed by atoms with Crippen molar-refractivity contribution >= 4 is 39.4 Å². The molecule has 2 heterocycles. The van der Waals surface area contributed by atoms with Crippen LogP contribution in [0.25, 0.3) is 22.5 Å². The molecule has 11 nitrogen and oxygen atoms in total. The van der Waals surface area contributed by atoms with E-state index in [2.05, 4.69) is 30.4 Å². The Balaban J connectivity index is 2.06. The summed E-state index contributed by atoms with van der Waals surface area (Å²) >= 11 is 6.18. The number of carboxylic acid groups (broad SMARTS) is 1. The lowest BCUT2D eigenvalue weighted by atomic mass is 10.0. The third-order valence-corrected chi connectivity index (χ3v) is 5.53. The summed E-state index contributed by atoms with van der Waals surface area (Å²) in [5.41, 5.74) is 0.781. The minimum absolute atomic E-state index is 0.00884. The molecule has 1 unspecified atom stereocenters. The number of anilines is 2. The van der Waals surface area contributed by atoms with Gasteiger partial charge in [0, 0.05) is 47.2 Å². The Morgan fingerprint density at radius 3 is 2.60 bits per heavy atom. The Bertz CT molecular complexity index is 1350. The Morgan fingerprint density at radius 1 is 1.26 bits per heavy atom. The smallest absolute Gasteiger partial charge is 0.404 e. The van der Waals surface area contributed by atoms with Gasteiger partial charge in [-0.1, -0.05) is 11.6 Å². The van der Waals surface area contributed by atoms with Crippen LogP contribution in [0.4, 0.5) is 20.8 Å². The van der Waals surface area contributed by atoms with Crippen molar-refractivity contribution in [2.45, 2.75) is 32.9 Å². The molecule has 3 aromatic rings. The van der Waals surface area contributed by atoms with Crippen LogP contribution in [0.3, 0.4) is 0 Å². The zero-order valence-electron chi connectivity index (χ0n) is 19.4. The van der Waals surface area contributed by atoms with Gasteiger partial charge < -0.3 is 15.7 Å². The van der Waals surface area contributed by atoms with E-state index in [1.807, 2.05) is 13.8 Å². The van der Waals surface area contributed by atoms with E-state index in [1.54, 1.807) is 23.9 Å². The zero-order chi connectivity index (χ0) is 25.9. The molecule has 4 N–H and O–H groups in total. The monoisotopic (exact) mass is 525 g/mol. The Labute approximate surface area is 206 Å². The third kappa shape index (κ3) is 6.79. The normalized spacial score (nSPS) is 12.4. The minimum Gasteiger partial charge on any atom is -0.465 e. The molecule has 0 bridgehead atoms. The highest BCUT2D eigenvalue weighted by Crippen LogP contribution is 2.37. The average Bonchev–Trinajstić information content (AvgIpc) is 3.19. The quantitative estimate of drug-likeness (QED) is 0.329. The molecule has 2 aromatic heterocycles. The maximum Gasteiger partial charge on any atom is 0.404 e. The Kier molecular flexibility index (Phi) is 7.80. The Hall–Kier alpha value is -3.45. The standard InChI is InChI=1S/C21H25ClFN7O4S/c1-11(2)30-10-15(16-5-6-24-20(27-16)25-9-12(3)26-21(31)32)19(28-30)14-7-13(22)8-17(18(14)23)29-35(4,33)34/h5-8,10-12,26,29H,9H2,1-4H3,(H,31,32)(H,24,25,27). The summed E-state index contributed by atoms with van der Waals surface area (Å²) in [7, 11) is -3.76. The largest absolute Gasteiger partial charge is 0.465 e. The number of hydrogen-bond acceptors (Lipinski definition) is 7. The van der Waals surface area contributed by atoms with Crippen molar-refractivity contribution in [2.24, 2.45) is 0 Å². The van der Waals surface area contributed by atoms with E-state index >= 15 is 4.39 Å². The minimum atomic E-state index is -3.76. The number of halogens is 2. The van der Waals surface area contributed by atoms with Gasteiger partial charge in [-0.05, 0) is 39.0 Å². The zero-order valence-corrected chi connectivity index (χ0v) is 20.9. The summed E-state index contributed by atoms with van der Waals surface area (Å²) in [5, 5.41) is 18.7. The number of nitrogens with one attached hydrogen (secondary N) is 3. The van der Waals surface area contributed by atoms with Crippen LogP contribution < -0.4 is 15.4 Å². The van der Waals surface area contributed by atoms with Crippen molar-refractivity contribution in [3.63, 3.8) is 0 Å². The van der Waals surface area contributed by atoms with E-state index < -0.39 is 28.0 Å². The first-order valence-corrected chi connectivity index (χ1v) is 12.7. The molecule has 1 aromatic carbocycles. The second-order valence-electron chi connectivity index (χ2n) is 8.15. The van der Waals surface area contributed by atoms with E-state index in [0.717, 1.165) is 6.26 Å². The van der Waals surface area contributed by atoms with Crippen LogP contribution in [0.5, 0.6) is 0 Å². The first-order chi connectivity index (χ1) is 16.3. The van der Waals surface area contributed by atoms with Crippen molar-refractivity contribution in [3.05, 3.63) is 41.4 Å². The predicted octanol–water partition coefficient (Wildman–Crippen LogP) is 3.82. The van der Waals surface area contributed by atoms with Crippen molar-refractivity contribution in [3.8, 4) is 22.5 Å². The van der Waals surface area contributed by atoms with E-state index in [4.69, 9.17) is 16.7 Å². The topological polar surface area (TPSA) is 151 Å². The second-order valence-corrected chi connectivity index (χ2v) is 10.3. The molecule has 14 heteroatoms. The summed E-state index contributed by atoms with van der Waals surface area (Å²) in [6.07, 6.45) is 2.97. The van der Waals surface area contributed by atoms with Gasteiger partial charge in [0.2, 0.25) is 16.0 Å². The fraction of sp³-hybridized carbons (Fsp3) is 0.333. The van der Waals surface area contributed by atoms with Crippen molar-refractivity contribution in [1.29, 1.82) is 0 Å². The van der Waals surface area contributed by atoms with E-state index in [0.29, 0.717) is 11.3 Å². The van der Waals surface area contributed by atoms with Gasteiger partial charge >= 0.3 is 6.09 Å². The molecule has 0 saturated carbocycles. The number of hydrogen-bond donors (Lipinski definition) is 4. The lowest BCUT2D eigenvalue weighted by Crippen LogP contribution is -2.36. The summed E-state index contributed by atoms with van der Waals surface area (Å²) in [4.78, 5) is 19.4. The maximum atomic E-state index is 15.4. The number of nitrogens with zero attached hydrogens (tertiary/aromatic N) is 4. The van der Waals surface area contributed by atoms with Crippen LogP contribution in [0.15, 0.2) is 30.6 Å². The molecule has 1 atom stereocenters. The summed E-state index contributed by atoms with van der Waals surface area (Å²) in [6, 6.07) is 3.69. The molecule has 0 radical (unpaired) electrons. The molecular formula is C21H25ClFN7O4S. The molecule has 0 aliphatic heterocycles. The lowest BCUT2D eigenvalue weighted by Gasteiger charge is -2.13. The molecule has 0 aliphatic carbocycles. The molecule has 1 amide bonds. The van der Waals surface area contributed by atoms with Gasteiger partial charge in [0.1, 0.15) is 5.69 Å². The van der Waals surface area contributed by atoms with Crippen LogP contribution in [-0.4, -0.2) is 58.2 Å². The fourth-order valence-electron chi connectivity index (χ4n) is 3.18. The highest BCUT2D eigenvalue weighted by molar-refractivity contribution is 7.92. The van der Waals surface area contributed by atoms with Crippen molar-refractivity contribution in [2.75, 3.05) is 22.8 Å². The average molecular weight is 526 g/mol. The van der Waals surface area contributed by atoms with Crippen LogP contribution in [0, 0.1) is 5.82 Å². The van der Waals surface area contributed by atoms with E-state index in [9.17, 15) is 13.2 Å². The molecule has 3 rings (SSSR count). The highest BCUT2D eigenvalue weighted by atomic mass is 35.5. The fourth-order valence-corrected chi connectivity index (χ4v) is 3.94. The summed E-state index contributed by atoms with van der Waals surface area (Å²) in [5.74, 6) is -0.605. The molecular weight excluding hydrogens is 501 g/mol. The summed E-state index contributed by atoms with van der Waals surface area (Å²) < 4.78 is 42.6. The molecule has 0 fully saturated rings. The molecule has 0 saturated heterocycles. The van der Waals surface area contributed by atoms with Gasteiger partial charge in [-0.25, -0.2) is 27.6 Å². The number of sulfonamides is 1. The number of amides is 1. The molecule has 35 heavy (non-hydrogen) atoms. The van der Waals surface area contributed by atoms with Crippen LogP contribution >= 0.6 is 11.6 Å². The maximum absolute atomic E-state index is 15.4. The van der Waals surface area contributed by atoms with Gasteiger partial charge in [-0.2, -0.15) is 5.10 Å². The van der Waals surface area contributed by atoms with Crippen molar-refractivity contribution in [1.82, 2.24) is 25.1 Å². The molecule has 188 valence electrons. The van der Waals surface area contributed by atoms with Gasteiger partial charge in [-0.3, -0.25) is 9.40 Å². The van der Waals surface area contributed by atoms with Crippen LogP contribution in [-0.2, 0) is 10.0 Å². The molecule has 0 aliphatic rings. The van der Waals surface area contributed by atoms with Gasteiger partial charge in [0.15, 0.2) is 5.82 Å². The predicted molar refractivity (Wildman–Crippen MR) is 132 cm³/mol. The number of carbonyl (C=O) groups is 1. The lowest BCUT2D eigenvalue weighted by molar-refractivity contribution is 0.191. The second kappa shape index (κ2) is 10.4. The third-order valence-electron chi connectivity index (χ3n) is 4.72. The Morgan fingerprint density at radius 2 is 1.97 bits per heavy atom. The van der Waals surface area contributed by atoms with Gasteiger partial charge in [0.25, 0.3) is 0 Å². The number of benzene rings is 1. The number of aromatic nitrogens is 4. The van der Waals surface area contributed by atoms with Crippen LogP contribution in [0.2, 0.25) is 5.02 Å². The first kappa shape index (κ1) is 26.2. The highest BCUT2D eigenvalue weighted by Gasteiger charge is 2.22. The van der Waals surface area contributed by atoms with Gasteiger partial charge in [-0.15, -0.1) is 0 Å². The van der Waals surface area contributed by atoms with Gasteiger partial charge in [0.05, 0.1) is 17.6 Å². The van der Waals surface area contributed by atoms with Crippen LogP contribution in [0.1, 0.15) is 26.8 Å². The van der Waals surface area contributed by atoms with Crippen molar-refractivity contribution < 1.29 is 22.7 Å². The first-order valence-electron chi connectivity index (χ1n) is 10.5. The molecule has 0 spiro atoms.